The van der Waals surface area contributed by atoms with Crippen LogP contribution in [0.15, 0.2) is 32.8 Å². The number of hydrogen-bond acceptors (Lipinski definition) is 6. The molecule has 0 amide bonds. The smallest absolute Gasteiger partial charge is 0.225 e. The van der Waals surface area contributed by atoms with Gasteiger partial charge >= 0.3 is 0 Å². The van der Waals surface area contributed by atoms with Gasteiger partial charge in [-0.15, -0.1) is 22.7 Å². The molecule has 0 bridgehead atoms. The lowest BCUT2D eigenvalue weighted by molar-refractivity contribution is 1.06. The predicted octanol–water partition coefficient (Wildman–Crippen LogP) is 4.90. The molecule has 0 saturated carbocycles. The van der Waals surface area contributed by atoms with Crippen molar-refractivity contribution in [3.63, 3.8) is 0 Å². The molecule has 20 heavy (non-hydrogen) atoms. The Bertz CT molecular complexity index is 704. The van der Waals surface area contributed by atoms with Crippen LogP contribution < -0.4 is 5.32 Å². The summed E-state index contributed by atoms with van der Waals surface area (Å²) in [5.41, 5.74) is 0. The van der Waals surface area contributed by atoms with Crippen LogP contribution in [0.4, 0.5) is 5.95 Å². The van der Waals surface area contributed by atoms with Crippen molar-refractivity contribution in [2.45, 2.75) is 29.5 Å². The molecule has 3 rings (SSSR count). The zero-order valence-corrected chi connectivity index (χ0v) is 13.8. The molecule has 0 radical (unpaired) electrons. The summed E-state index contributed by atoms with van der Waals surface area (Å²) in [6.45, 7) is 5.07. The lowest BCUT2D eigenvalue weighted by Gasteiger charge is -2.05. The van der Waals surface area contributed by atoms with Gasteiger partial charge in [0.2, 0.25) is 5.95 Å². The zero-order chi connectivity index (χ0) is 13.9. The van der Waals surface area contributed by atoms with Gasteiger partial charge in [-0.25, -0.2) is 9.97 Å². The number of thiophene rings is 2. The Balaban J connectivity index is 2.08. The first kappa shape index (κ1) is 13.9. The van der Waals surface area contributed by atoms with Crippen molar-refractivity contribution in [2.24, 2.45) is 0 Å². The van der Waals surface area contributed by atoms with Gasteiger partial charge in [0.25, 0.3) is 0 Å². The van der Waals surface area contributed by atoms with Gasteiger partial charge in [0.05, 0.1) is 4.21 Å². The molecule has 3 heterocycles. The largest absolute Gasteiger partial charge is 0.354 e. The highest BCUT2D eigenvalue weighted by Gasteiger charge is 2.12. The SMILES string of the molecule is CCNc1nc(Sc2cccs2)c2cc(CC)sc2n1. The van der Waals surface area contributed by atoms with Crippen LogP contribution in [-0.4, -0.2) is 16.5 Å². The van der Waals surface area contributed by atoms with Crippen LogP contribution in [0, 0.1) is 0 Å². The van der Waals surface area contributed by atoms with Crippen LogP contribution in [-0.2, 0) is 6.42 Å². The average Bonchev–Trinajstić information content (AvgIpc) is 3.07. The van der Waals surface area contributed by atoms with Crippen molar-refractivity contribution in [2.75, 3.05) is 11.9 Å². The molecule has 0 saturated heterocycles. The van der Waals surface area contributed by atoms with Crippen molar-refractivity contribution >= 4 is 50.6 Å². The second kappa shape index (κ2) is 6.11. The van der Waals surface area contributed by atoms with Crippen LogP contribution in [0.3, 0.4) is 0 Å². The highest BCUT2D eigenvalue weighted by Crippen LogP contribution is 2.37. The van der Waals surface area contributed by atoms with Gasteiger partial charge in [-0.1, -0.05) is 24.8 Å². The monoisotopic (exact) mass is 321 g/mol. The summed E-state index contributed by atoms with van der Waals surface area (Å²) in [5.74, 6) is 0.726. The maximum Gasteiger partial charge on any atom is 0.225 e. The molecule has 1 N–H and O–H groups in total. The molecule has 0 aromatic carbocycles. The zero-order valence-electron chi connectivity index (χ0n) is 11.3. The van der Waals surface area contributed by atoms with Crippen LogP contribution in [0.5, 0.6) is 0 Å². The lowest BCUT2D eigenvalue weighted by atomic mass is 10.3. The number of aromatic nitrogens is 2. The molecule has 0 fully saturated rings. The van der Waals surface area contributed by atoms with E-state index in [1.807, 2.05) is 0 Å². The Morgan fingerprint density at radius 3 is 2.90 bits per heavy atom. The first-order valence-electron chi connectivity index (χ1n) is 6.55. The Morgan fingerprint density at radius 2 is 2.20 bits per heavy atom. The number of fused-ring (bicyclic) bond motifs is 1. The minimum atomic E-state index is 0.726. The molecular formula is C14H15N3S3. The summed E-state index contributed by atoms with van der Waals surface area (Å²) >= 11 is 5.23. The molecular weight excluding hydrogens is 306 g/mol. The third-order valence-electron chi connectivity index (χ3n) is 2.78. The topological polar surface area (TPSA) is 37.8 Å². The van der Waals surface area contributed by atoms with E-state index in [1.165, 1.54) is 14.5 Å². The van der Waals surface area contributed by atoms with Crippen LogP contribution in [0.1, 0.15) is 18.7 Å². The summed E-state index contributed by atoms with van der Waals surface area (Å²) in [4.78, 5) is 11.7. The minimum absolute atomic E-state index is 0.726. The van der Waals surface area contributed by atoms with Gasteiger partial charge in [0.15, 0.2) is 0 Å². The molecule has 0 atom stereocenters. The van der Waals surface area contributed by atoms with E-state index in [0.717, 1.165) is 28.8 Å². The molecule has 3 aromatic rings. The third kappa shape index (κ3) is 2.82. The van der Waals surface area contributed by atoms with Gasteiger partial charge in [-0.05, 0) is 30.9 Å². The van der Waals surface area contributed by atoms with E-state index >= 15 is 0 Å². The number of aryl methyl sites for hydroxylation is 1. The van der Waals surface area contributed by atoms with Gasteiger partial charge in [0, 0.05) is 16.8 Å². The summed E-state index contributed by atoms with van der Waals surface area (Å²) in [7, 11) is 0. The molecule has 6 heteroatoms. The maximum atomic E-state index is 4.67. The van der Waals surface area contributed by atoms with Crippen LogP contribution in [0.2, 0.25) is 0 Å². The fourth-order valence-electron chi connectivity index (χ4n) is 1.85. The average molecular weight is 321 g/mol. The molecule has 3 aromatic heterocycles. The minimum Gasteiger partial charge on any atom is -0.354 e. The highest BCUT2D eigenvalue weighted by atomic mass is 32.2. The fourth-order valence-corrected chi connectivity index (χ4v) is 4.66. The van der Waals surface area contributed by atoms with Crippen molar-refractivity contribution in [3.8, 4) is 0 Å². The summed E-state index contributed by atoms with van der Waals surface area (Å²) in [6, 6.07) is 6.43. The van der Waals surface area contributed by atoms with E-state index in [1.54, 1.807) is 34.4 Å². The quantitative estimate of drug-likeness (QED) is 0.678. The molecule has 0 aliphatic carbocycles. The highest BCUT2D eigenvalue weighted by molar-refractivity contribution is 8.01. The molecule has 0 aliphatic heterocycles. The van der Waals surface area contributed by atoms with E-state index in [-0.39, 0.29) is 0 Å². The summed E-state index contributed by atoms with van der Waals surface area (Å²) in [5, 5.41) is 7.53. The summed E-state index contributed by atoms with van der Waals surface area (Å²) < 4.78 is 1.26. The van der Waals surface area contributed by atoms with Gasteiger partial charge < -0.3 is 5.32 Å². The van der Waals surface area contributed by atoms with Gasteiger partial charge in [0.1, 0.15) is 9.86 Å². The molecule has 0 aliphatic rings. The molecule has 104 valence electrons. The van der Waals surface area contributed by atoms with Crippen molar-refractivity contribution in [3.05, 3.63) is 28.5 Å². The first-order chi connectivity index (χ1) is 9.80. The maximum absolute atomic E-state index is 4.67. The van der Waals surface area contributed by atoms with E-state index in [0.29, 0.717) is 0 Å². The fraction of sp³-hybridized carbons (Fsp3) is 0.286. The third-order valence-corrected chi connectivity index (χ3v) is 6.00. The Kier molecular flexibility index (Phi) is 4.24. The molecule has 0 spiro atoms. The number of hydrogen-bond donors (Lipinski definition) is 1. The molecule has 3 nitrogen and oxygen atoms in total. The number of nitrogens with zero attached hydrogens (tertiary/aromatic N) is 2. The number of nitrogens with one attached hydrogen (secondary N) is 1. The van der Waals surface area contributed by atoms with Gasteiger partial charge in [-0.3, -0.25) is 0 Å². The van der Waals surface area contributed by atoms with E-state index in [9.17, 15) is 0 Å². The normalized spacial score (nSPS) is 11.1. The summed E-state index contributed by atoms with van der Waals surface area (Å²) in [6.07, 6.45) is 1.04. The second-order valence-electron chi connectivity index (χ2n) is 4.20. The molecule has 0 unspecified atom stereocenters. The Labute approximate surface area is 130 Å². The van der Waals surface area contributed by atoms with E-state index in [4.69, 9.17) is 0 Å². The Hall–Kier alpha value is -1.11. The van der Waals surface area contributed by atoms with Gasteiger partial charge in [-0.2, -0.15) is 0 Å². The van der Waals surface area contributed by atoms with Crippen LogP contribution >= 0.6 is 34.4 Å². The second-order valence-corrected chi connectivity index (χ2v) is 7.55. The van der Waals surface area contributed by atoms with Crippen molar-refractivity contribution in [1.82, 2.24) is 9.97 Å². The standard InChI is InChI=1S/C14H15N3S3/c1-3-9-8-10-12(19-9)16-14(15-4-2)17-13(10)20-11-6-5-7-18-11/h5-8H,3-4H2,1-2H3,(H,15,16,17). The number of rotatable bonds is 5. The predicted molar refractivity (Wildman–Crippen MR) is 89.4 cm³/mol. The van der Waals surface area contributed by atoms with Crippen molar-refractivity contribution < 1.29 is 0 Å². The van der Waals surface area contributed by atoms with E-state index in [2.05, 4.69) is 52.7 Å². The lowest BCUT2D eigenvalue weighted by Crippen LogP contribution is -2.02. The number of anilines is 1. The van der Waals surface area contributed by atoms with Crippen molar-refractivity contribution in [1.29, 1.82) is 0 Å². The van der Waals surface area contributed by atoms with Crippen LogP contribution in [0.25, 0.3) is 10.2 Å². The first-order valence-corrected chi connectivity index (χ1v) is 9.07. The Morgan fingerprint density at radius 1 is 1.30 bits per heavy atom. The van der Waals surface area contributed by atoms with E-state index < -0.39 is 0 Å².